The van der Waals surface area contributed by atoms with Gasteiger partial charge in [-0.15, -0.1) is 0 Å². The number of methoxy groups -OCH3 is 1. The minimum Gasteiger partial charge on any atom is -0.380 e. The monoisotopic (exact) mass is 186 g/mol. The molecule has 1 atom stereocenters. The highest BCUT2D eigenvalue weighted by atomic mass is 35.5. The first-order valence-electron chi connectivity index (χ1n) is 3.79. The summed E-state index contributed by atoms with van der Waals surface area (Å²) < 4.78 is 4.94. The molecular formula is C9H11ClO2. The van der Waals surface area contributed by atoms with Gasteiger partial charge in [-0.25, -0.2) is 0 Å². The molecule has 0 spiro atoms. The minimum atomic E-state index is -0.293. The Kier molecular flexibility index (Phi) is 3.50. The molecule has 0 N–H and O–H groups in total. The van der Waals surface area contributed by atoms with Crippen LogP contribution in [0, 0.1) is 5.92 Å². The summed E-state index contributed by atoms with van der Waals surface area (Å²) in [5, 5.41) is -0.293. The first-order chi connectivity index (χ1) is 5.74. The predicted molar refractivity (Wildman–Crippen MR) is 48.1 cm³/mol. The third kappa shape index (κ3) is 2.47. The molecule has 0 saturated carbocycles. The van der Waals surface area contributed by atoms with Crippen molar-refractivity contribution in [1.29, 1.82) is 0 Å². The van der Waals surface area contributed by atoms with E-state index < -0.39 is 0 Å². The second-order valence-electron chi connectivity index (χ2n) is 2.72. The number of rotatable bonds is 3. The van der Waals surface area contributed by atoms with Crippen LogP contribution in [-0.4, -0.2) is 19.0 Å². The third-order valence-electron chi connectivity index (χ3n) is 1.78. The molecular weight excluding hydrogens is 176 g/mol. The van der Waals surface area contributed by atoms with E-state index in [0.29, 0.717) is 13.0 Å². The maximum absolute atomic E-state index is 10.7. The van der Waals surface area contributed by atoms with Crippen molar-refractivity contribution < 1.29 is 9.53 Å². The molecule has 1 aliphatic carbocycles. The maximum atomic E-state index is 10.7. The van der Waals surface area contributed by atoms with Crippen LogP contribution >= 0.6 is 11.6 Å². The number of allylic oxidation sites excluding steroid dienone is 2. The lowest BCUT2D eigenvalue weighted by atomic mass is 9.98. The molecule has 0 fully saturated rings. The van der Waals surface area contributed by atoms with Crippen molar-refractivity contribution in [2.75, 3.05) is 13.7 Å². The van der Waals surface area contributed by atoms with E-state index in [2.05, 4.69) is 0 Å². The first kappa shape index (κ1) is 9.49. The topological polar surface area (TPSA) is 26.3 Å². The summed E-state index contributed by atoms with van der Waals surface area (Å²) in [7, 11) is 1.65. The average Bonchev–Trinajstić information content (AvgIpc) is 2.06. The highest BCUT2D eigenvalue weighted by Crippen LogP contribution is 2.18. The SMILES string of the molecule is COCC1=CCC(C(=O)Cl)C=C1. The number of ether oxygens (including phenoxy) is 1. The number of hydrogen-bond acceptors (Lipinski definition) is 2. The van der Waals surface area contributed by atoms with Crippen LogP contribution in [-0.2, 0) is 9.53 Å². The molecule has 0 radical (unpaired) electrons. The molecule has 0 heterocycles. The Hall–Kier alpha value is -0.600. The number of hydrogen-bond donors (Lipinski definition) is 0. The van der Waals surface area contributed by atoms with E-state index in [1.54, 1.807) is 7.11 Å². The van der Waals surface area contributed by atoms with Crippen molar-refractivity contribution in [3.05, 3.63) is 23.8 Å². The van der Waals surface area contributed by atoms with Crippen molar-refractivity contribution >= 4 is 16.8 Å². The standard InChI is InChI=1S/C9H11ClO2/c1-12-6-7-2-4-8(5-3-7)9(10)11/h2-4,8H,5-6H2,1H3. The second kappa shape index (κ2) is 4.43. The summed E-state index contributed by atoms with van der Waals surface area (Å²) in [6, 6.07) is 0. The van der Waals surface area contributed by atoms with E-state index >= 15 is 0 Å². The molecule has 0 aliphatic heterocycles. The van der Waals surface area contributed by atoms with Gasteiger partial charge in [-0.1, -0.05) is 18.2 Å². The van der Waals surface area contributed by atoms with Crippen molar-refractivity contribution in [2.45, 2.75) is 6.42 Å². The van der Waals surface area contributed by atoms with E-state index in [1.165, 1.54) is 0 Å². The van der Waals surface area contributed by atoms with Crippen LogP contribution in [0.3, 0.4) is 0 Å². The van der Waals surface area contributed by atoms with Crippen LogP contribution in [0.1, 0.15) is 6.42 Å². The molecule has 3 heteroatoms. The van der Waals surface area contributed by atoms with Gasteiger partial charge in [-0.3, -0.25) is 4.79 Å². The van der Waals surface area contributed by atoms with Gasteiger partial charge in [0.15, 0.2) is 0 Å². The Morgan fingerprint density at radius 2 is 2.58 bits per heavy atom. The van der Waals surface area contributed by atoms with Crippen LogP contribution in [0.15, 0.2) is 23.8 Å². The zero-order valence-electron chi connectivity index (χ0n) is 6.92. The Morgan fingerprint density at radius 1 is 1.83 bits per heavy atom. The van der Waals surface area contributed by atoms with Crippen molar-refractivity contribution in [3.8, 4) is 0 Å². The van der Waals surface area contributed by atoms with Crippen molar-refractivity contribution in [2.24, 2.45) is 5.92 Å². The second-order valence-corrected chi connectivity index (χ2v) is 3.09. The fourth-order valence-electron chi connectivity index (χ4n) is 1.11. The summed E-state index contributed by atoms with van der Waals surface area (Å²) in [4.78, 5) is 10.7. The number of carbonyl (C=O) groups is 1. The quantitative estimate of drug-likeness (QED) is 0.630. The zero-order chi connectivity index (χ0) is 8.97. The van der Waals surface area contributed by atoms with Gasteiger partial charge in [0, 0.05) is 7.11 Å². The molecule has 1 unspecified atom stereocenters. The van der Waals surface area contributed by atoms with Crippen LogP contribution in [0.5, 0.6) is 0 Å². The van der Waals surface area contributed by atoms with Gasteiger partial charge in [0.25, 0.3) is 0 Å². The molecule has 0 aromatic carbocycles. The highest BCUT2D eigenvalue weighted by Gasteiger charge is 2.14. The predicted octanol–water partition coefficient (Wildman–Crippen LogP) is 1.90. The van der Waals surface area contributed by atoms with Gasteiger partial charge in [-0.05, 0) is 23.6 Å². The number of carbonyl (C=O) groups excluding carboxylic acids is 1. The fourth-order valence-corrected chi connectivity index (χ4v) is 1.27. The summed E-state index contributed by atoms with van der Waals surface area (Å²) in [5.41, 5.74) is 1.10. The Balaban J connectivity index is 2.49. The lowest BCUT2D eigenvalue weighted by molar-refractivity contribution is -0.113. The van der Waals surface area contributed by atoms with Gasteiger partial charge < -0.3 is 4.74 Å². The summed E-state index contributed by atoms with van der Waals surface area (Å²) >= 11 is 5.33. The smallest absolute Gasteiger partial charge is 0.228 e. The molecule has 2 nitrogen and oxygen atoms in total. The molecule has 12 heavy (non-hydrogen) atoms. The molecule has 1 aliphatic rings. The molecule has 1 rings (SSSR count). The van der Waals surface area contributed by atoms with Crippen molar-refractivity contribution in [1.82, 2.24) is 0 Å². The molecule has 0 aromatic rings. The largest absolute Gasteiger partial charge is 0.380 e. The van der Waals surface area contributed by atoms with E-state index in [-0.39, 0.29) is 11.2 Å². The highest BCUT2D eigenvalue weighted by molar-refractivity contribution is 6.64. The van der Waals surface area contributed by atoms with E-state index in [1.807, 2.05) is 18.2 Å². The fraction of sp³-hybridized carbons (Fsp3) is 0.444. The van der Waals surface area contributed by atoms with Gasteiger partial charge in [0.1, 0.15) is 0 Å². The van der Waals surface area contributed by atoms with Crippen LogP contribution in [0.25, 0.3) is 0 Å². The van der Waals surface area contributed by atoms with Gasteiger partial charge in [0.05, 0.1) is 12.5 Å². The van der Waals surface area contributed by atoms with Crippen LogP contribution < -0.4 is 0 Å². The Morgan fingerprint density at radius 3 is 3.00 bits per heavy atom. The van der Waals surface area contributed by atoms with Gasteiger partial charge >= 0.3 is 0 Å². The molecule has 66 valence electrons. The van der Waals surface area contributed by atoms with Crippen LogP contribution in [0.2, 0.25) is 0 Å². The van der Waals surface area contributed by atoms with Gasteiger partial charge in [-0.2, -0.15) is 0 Å². The average molecular weight is 187 g/mol. The minimum absolute atomic E-state index is 0.146. The van der Waals surface area contributed by atoms with Crippen LogP contribution in [0.4, 0.5) is 0 Å². The van der Waals surface area contributed by atoms with E-state index in [0.717, 1.165) is 5.57 Å². The maximum Gasteiger partial charge on any atom is 0.228 e. The Bertz CT molecular complexity index is 231. The van der Waals surface area contributed by atoms with E-state index in [9.17, 15) is 4.79 Å². The van der Waals surface area contributed by atoms with Gasteiger partial charge in [0.2, 0.25) is 5.24 Å². The normalized spacial score (nSPS) is 22.2. The summed E-state index contributed by atoms with van der Waals surface area (Å²) in [5.74, 6) is -0.146. The third-order valence-corrected chi connectivity index (χ3v) is 2.06. The molecule has 0 saturated heterocycles. The molecule has 0 amide bonds. The lowest BCUT2D eigenvalue weighted by Crippen LogP contribution is -2.08. The Labute approximate surface area is 76.9 Å². The van der Waals surface area contributed by atoms with Crippen molar-refractivity contribution in [3.63, 3.8) is 0 Å². The summed E-state index contributed by atoms with van der Waals surface area (Å²) in [6.45, 7) is 0.597. The first-order valence-corrected chi connectivity index (χ1v) is 4.17. The summed E-state index contributed by atoms with van der Waals surface area (Å²) in [6.07, 6.45) is 6.38. The van der Waals surface area contributed by atoms with E-state index in [4.69, 9.17) is 16.3 Å². The molecule has 0 aromatic heterocycles. The number of halogens is 1. The lowest BCUT2D eigenvalue weighted by Gasteiger charge is -2.11. The molecule has 0 bridgehead atoms. The zero-order valence-corrected chi connectivity index (χ0v) is 7.67.